The highest BCUT2D eigenvalue weighted by molar-refractivity contribution is 7.09. The minimum atomic E-state index is -2.27. The Morgan fingerprint density at radius 3 is 2.51 bits per heavy atom. The van der Waals surface area contributed by atoms with E-state index in [0.29, 0.717) is 12.8 Å². The molecule has 1 amide bonds. The van der Waals surface area contributed by atoms with Crippen LogP contribution in [0.3, 0.4) is 0 Å². The third-order valence-electron chi connectivity index (χ3n) is 7.65. The predicted molar refractivity (Wildman–Crippen MR) is 147 cm³/mol. The number of aliphatic hydroxyl groups is 2. The van der Waals surface area contributed by atoms with Crippen molar-refractivity contribution in [1.29, 1.82) is 0 Å². The second kappa shape index (κ2) is 12.3. The van der Waals surface area contributed by atoms with Crippen LogP contribution >= 0.6 is 11.3 Å². The molecule has 1 aliphatic carbocycles. The number of ether oxygens (including phenoxy) is 1. The molecule has 7 nitrogen and oxygen atoms in total. The Labute approximate surface area is 225 Å². The summed E-state index contributed by atoms with van der Waals surface area (Å²) in [5, 5.41) is 28.4. The molecule has 1 aromatic rings. The van der Waals surface area contributed by atoms with Crippen LogP contribution in [0, 0.1) is 18.3 Å². The van der Waals surface area contributed by atoms with Gasteiger partial charge in [-0.05, 0) is 77.4 Å². The topological polar surface area (TPSA) is 109 Å². The SMILES string of the molecule is CC1=CCC(C(C)=Cc2csc(C)n2)NC(=O)CCC(C)(C)C(=O)C(OC2CC2)C(O)(O)C(C)CCC1. The zero-order valence-electron chi connectivity index (χ0n) is 23.2. The summed E-state index contributed by atoms with van der Waals surface area (Å²) in [6.45, 7) is 11.3. The van der Waals surface area contributed by atoms with E-state index < -0.39 is 23.2 Å². The number of aryl methyl sites for hydroxylation is 1. The van der Waals surface area contributed by atoms with Gasteiger partial charge >= 0.3 is 0 Å². The van der Waals surface area contributed by atoms with Crippen molar-refractivity contribution in [2.24, 2.45) is 11.3 Å². The minimum Gasteiger partial charge on any atom is -0.363 e. The quantitative estimate of drug-likeness (QED) is 0.368. The molecule has 3 rings (SSSR count). The van der Waals surface area contributed by atoms with Gasteiger partial charge in [0.2, 0.25) is 5.91 Å². The van der Waals surface area contributed by atoms with Crippen molar-refractivity contribution in [2.45, 2.75) is 117 Å². The smallest absolute Gasteiger partial charge is 0.220 e. The lowest BCUT2D eigenvalue weighted by atomic mass is 9.76. The van der Waals surface area contributed by atoms with Crippen LogP contribution in [-0.2, 0) is 14.3 Å². The van der Waals surface area contributed by atoms with E-state index in [1.165, 1.54) is 5.57 Å². The molecular formula is C29H44N2O5S. The molecule has 8 heteroatoms. The first-order valence-electron chi connectivity index (χ1n) is 13.5. The fourth-order valence-electron chi connectivity index (χ4n) is 4.64. The van der Waals surface area contributed by atoms with Gasteiger partial charge in [0.05, 0.1) is 22.8 Å². The van der Waals surface area contributed by atoms with Gasteiger partial charge in [-0.3, -0.25) is 9.59 Å². The number of nitrogens with one attached hydrogen (secondary N) is 1. The lowest BCUT2D eigenvalue weighted by Crippen LogP contribution is -2.56. The molecular weight excluding hydrogens is 488 g/mol. The summed E-state index contributed by atoms with van der Waals surface area (Å²) in [5.41, 5.74) is 2.14. The number of thiazole rings is 1. The van der Waals surface area contributed by atoms with Gasteiger partial charge in [-0.1, -0.05) is 32.4 Å². The lowest BCUT2D eigenvalue weighted by molar-refractivity contribution is -0.264. The van der Waals surface area contributed by atoms with E-state index in [2.05, 4.69) is 23.3 Å². The minimum absolute atomic E-state index is 0.119. The predicted octanol–water partition coefficient (Wildman–Crippen LogP) is 5.10. The number of allylic oxidation sites excluding steroid dienone is 1. The van der Waals surface area contributed by atoms with E-state index >= 15 is 0 Å². The van der Waals surface area contributed by atoms with Crippen molar-refractivity contribution in [3.63, 3.8) is 0 Å². The zero-order valence-corrected chi connectivity index (χ0v) is 24.0. The van der Waals surface area contributed by atoms with Gasteiger partial charge in [0, 0.05) is 23.1 Å². The van der Waals surface area contributed by atoms with Crippen molar-refractivity contribution >= 4 is 29.1 Å². The molecule has 1 fully saturated rings. The molecule has 3 atom stereocenters. The van der Waals surface area contributed by atoms with Crippen molar-refractivity contribution in [3.8, 4) is 0 Å². The van der Waals surface area contributed by atoms with E-state index in [1.807, 2.05) is 25.3 Å². The van der Waals surface area contributed by atoms with Crippen molar-refractivity contribution in [1.82, 2.24) is 10.3 Å². The Hall–Kier alpha value is -1.87. The van der Waals surface area contributed by atoms with Crippen LogP contribution in [0.15, 0.2) is 22.6 Å². The number of Topliss-reactive ketones (excluding diaryl/α,β-unsaturated/α-hetero) is 1. The Morgan fingerprint density at radius 2 is 1.89 bits per heavy atom. The molecule has 3 N–H and O–H groups in total. The van der Waals surface area contributed by atoms with Crippen LogP contribution in [0.5, 0.6) is 0 Å². The van der Waals surface area contributed by atoms with Crippen molar-refractivity contribution in [2.75, 3.05) is 0 Å². The molecule has 206 valence electrons. The molecule has 37 heavy (non-hydrogen) atoms. The van der Waals surface area contributed by atoms with E-state index in [1.54, 1.807) is 32.1 Å². The summed E-state index contributed by atoms with van der Waals surface area (Å²) < 4.78 is 5.92. The monoisotopic (exact) mass is 532 g/mol. The highest BCUT2D eigenvalue weighted by Crippen LogP contribution is 2.37. The third kappa shape index (κ3) is 8.31. The number of hydrogen-bond donors (Lipinski definition) is 3. The first-order chi connectivity index (χ1) is 17.3. The lowest BCUT2D eigenvalue weighted by Gasteiger charge is -2.39. The zero-order chi connectivity index (χ0) is 27.4. The average molecular weight is 533 g/mol. The van der Waals surface area contributed by atoms with Crippen LogP contribution in [0.25, 0.3) is 6.08 Å². The standard InChI is InChI=1S/C29H44N2O5S/c1-18-8-7-9-20(3)29(34,35)27(36-23-11-12-23)26(33)28(5,6)15-14-25(32)31-24(13-10-18)19(2)16-22-17-37-21(4)30-22/h10,16-17,20,23-24,27,34-35H,7-9,11-15H2,1-6H3,(H,31,32). The molecule has 3 unspecified atom stereocenters. The summed E-state index contributed by atoms with van der Waals surface area (Å²) in [4.78, 5) is 31.2. The summed E-state index contributed by atoms with van der Waals surface area (Å²) in [5.74, 6) is -3.31. The second-order valence-electron chi connectivity index (χ2n) is 11.6. The van der Waals surface area contributed by atoms with Gasteiger partial charge < -0.3 is 20.3 Å². The van der Waals surface area contributed by atoms with Gasteiger partial charge in [0.1, 0.15) is 0 Å². The van der Waals surface area contributed by atoms with Crippen LogP contribution < -0.4 is 5.32 Å². The number of carbonyl (C=O) groups is 2. The summed E-state index contributed by atoms with van der Waals surface area (Å²) in [6.07, 6.45) is 7.54. The fourth-order valence-corrected chi connectivity index (χ4v) is 5.21. The molecule has 1 aliphatic heterocycles. The molecule has 1 aromatic heterocycles. The molecule has 0 spiro atoms. The van der Waals surface area contributed by atoms with E-state index in [-0.39, 0.29) is 36.7 Å². The average Bonchev–Trinajstić information content (AvgIpc) is 3.56. The number of hydrogen-bond acceptors (Lipinski definition) is 7. The number of amides is 1. The van der Waals surface area contributed by atoms with Crippen LogP contribution in [0.1, 0.15) is 96.7 Å². The highest BCUT2D eigenvalue weighted by atomic mass is 32.1. The normalized spacial score (nSPS) is 28.5. The largest absolute Gasteiger partial charge is 0.363 e. The first kappa shape index (κ1) is 29.7. The summed E-state index contributed by atoms with van der Waals surface area (Å²) in [7, 11) is 0. The number of rotatable bonds is 4. The second-order valence-corrected chi connectivity index (χ2v) is 12.7. The molecule has 0 radical (unpaired) electrons. The molecule has 0 bridgehead atoms. The molecule has 0 saturated heterocycles. The van der Waals surface area contributed by atoms with Gasteiger partial charge in [0.25, 0.3) is 0 Å². The maximum Gasteiger partial charge on any atom is 0.220 e. The number of ketones is 1. The molecule has 0 aromatic carbocycles. The van der Waals surface area contributed by atoms with Gasteiger partial charge in [-0.2, -0.15) is 0 Å². The van der Waals surface area contributed by atoms with E-state index in [9.17, 15) is 19.8 Å². The van der Waals surface area contributed by atoms with E-state index in [4.69, 9.17) is 4.74 Å². The molecule has 1 saturated carbocycles. The summed E-state index contributed by atoms with van der Waals surface area (Å²) in [6, 6.07) is -0.177. The Kier molecular flexibility index (Phi) is 9.89. The van der Waals surface area contributed by atoms with Gasteiger partial charge in [-0.15, -0.1) is 11.3 Å². The van der Waals surface area contributed by atoms with Crippen LogP contribution in [0.2, 0.25) is 0 Å². The Bertz CT molecular complexity index is 1020. The molecule has 2 heterocycles. The van der Waals surface area contributed by atoms with Crippen LogP contribution in [-0.4, -0.2) is 50.9 Å². The fraction of sp³-hybridized carbons (Fsp3) is 0.690. The Balaban J connectivity index is 1.85. The summed E-state index contributed by atoms with van der Waals surface area (Å²) >= 11 is 1.60. The van der Waals surface area contributed by atoms with Crippen molar-refractivity contribution in [3.05, 3.63) is 33.3 Å². The maximum absolute atomic E-state index is 13.6. The van der Waals surface area contributed by atoms with Gasteiger partial charge in [0.15, 0.2) is 17.7 Å². The third-order valence-corrected chi connectivity index (χ3v) is 8.45. The van der Waals surface area contributed by atoms with Crippen LogP contribution in [0.4, 0.5) is 0 Å². The number of carbonyl (C=O) groups excluding carboxylic acids is 2. The number of aromatic nitrogens is 1. The van der Waals surface area contributed by atoms with Gasteiger partial charge in [-0.25, -0.2) is 4.98 Å². The number of nitrogens with zero attached hydrogens (tertiary/aromatic N) is 1. The molecule has 2 aliphatic rings. The Morgan fingerprint density at radius 1 is 1.19 bits per heavy atom. The van der Waals surface area contributed by atoms with Crippen molar-refractivity contribution < 1.29 is 24.5 Å². The first-order valence-corrected chi connectivity index (χ1v) is 14.4. The highest BCUT2D eigenvalue weighted by Gasteiger charge is 2.50. The van der Waals surface area contributed by atoms with E-state index in [0.717, 1.165) is 42.0 Å². The maximum atomic E-state index is 13.6.